The predicted octanol–water partition coefficient (Wildman–Crippen LogP) is 3.44. The van der Waals surface area contributed by atoms with Crippen molar-refractivity contribution in [2.75, 3.05) is 5.32 Å². The molecule has 98 valence electrons. The fourth-order valence-electron chi connectivity index (χ4n) is 1.95. The summed E-state index contributed by atoms with van der Waals surface area (Å²) in [6, 6.07) is 12.2. The summed E-state index contributed by atoms with van der Waals surface area (Å²) in [7, 11) is 0. The molecule has 0 aliphatic heterocycles. The Morgan fingerprint density at radius 2 is 1.84 bits per heavy atom. The Hall–Kier alpha value is -1.94. The van der Waals surface area contributed by atoms with E-state index < -0.39 is 0 Å². The fraction of sp³-hybridized carbons (Fsp3) is 0.200. The normalized spacial score (nSPS) is 11.7. The quantitative estimate of drug-likeness (QED) is 0.839. The summed E-state index contributed by atoms with van der Waals surface area (Å²) in [5.74, 6) is 0. The smallest absolute Gasteiger partial charge is 0.171 e. The van der Waals surface area contributed by atoms with Crippen molar-refractivity contribution in [1.29, 1.82) is 0 Å². The highest BCUT2D eigenvalue weighted by Crippen LogP contribution is 2.16. The van der Waals surface area contributed by atoms with Gasteiger partial charge in [0, 0.05) is 18.1 Å². The van der Waals surface area contributed by atoms with Crippen molar-refractivity contribution in [3.63, 3.8) is 0 Å². The standard InChI is InChI=1S/C15H17N3S/c1-11-5-3-4-6-14(11)12(2)17-15(19)18-13-7-9-16-10-8-13/h3-10,12H,1-2H3,(H2,16,17,18,19)/t12-/m0/s1. The number of hydrogen-bond acceptors (Lipinski definition) is 2. The zero-order valence-electron chi connectivity index (χ0n) is 11.1. The van der Waals surface area contributed by atoms with Gasteiger partial charge in [-0.3, -0.25) is 4.98 Å². The van der Waals surface area contributed by atoms with Gasteiger partial charge in [-0.05, 0) is 49.3 Å². The van der Waals surface area contributed by atoms with Crippen LogP contribution in [0.4, 0.5) is 5.69 Å². The monoisotopic (exact) mass is 271 g/mol. The van der Waals surface area contributed by atoms with Crippen LogP contribution in [0.5, 0.6) is 0 Å². The Morgan fingerprint density at radius 1 is 1.16 bits per heavy atom. The number of thiocarbonyl (C=S) groups is 1. The molecule has 1 atom stereocenters. The average molecular weight is 271 g/mol. The zero-order valence-corrected chi connectivity index (χ0v) is 11.9. The second-order valence-corrected chi connectivity index (χ2v) is 4.82. The lowest BCUT2D eigenvalue weighted by molar-refractivity contribution is 0.717. The van der Waals surface area contributed by atoms with Gasteiger partial charge < -0.3 is 10.6 Å². The molecule has 19 heavy (non-hydrogen) atoms. The molecule has 0 saturated heterocycles. The first-order chi connectivity index (χ1) is 9.16. The number of pyridine rings is 1. The molecule has 0 spiro atoms. The van der Waals surface area contributed by atoms with Crippen molar-refractivity contribution >= 4 is 23.0 Å². The van der Waals surface area contributed by atoms with E-state index in [1.165, 1.54) is 11.1 Å². The van der Waals surface area contributed by atoms with Gasteiger partial charge in [0.25, 0.3) is 0 Å². The lowest BCUT2D eigenvalue weighted by Crippen LogP contribution is -2.31. The highest BCUT2D eigenvalue weighted by molar-refractivity contribution is 7.80. The minimum absolute atomic E-state index is 0.169. The molecule has 0 fully saturated rings. The molecule has 1 aromatic heterocycles. The van der Waals surface area contributed by atoms with Crippen molar-refractivity contribution in [3.8, 4) is 0 Å². The van der Waals surface area contributed by atoms with Crippen LogP contribution in [0.15, 0.2) is 48.8 Å². The summed E-state index contributed by atoms with van der Waals surface area (Å²) in [4.78, 5) is 3.97. The average Bonchev–Trinajstić information content (AvgIpc) is 2.40. The lowest BCUT2D eigenvalue weighted by atomic mass is 10.0. The van der Waals surface area contributed by atoms with Crippen LogP contribution in [0, 0.1) is 6.92 Å². The van der Waals surface area contributed by atoms with E-state index in [1.807, 2.05) is 24.3 Å². The van der Waals surface area contributed by atoms with Crippen molar-refractivity contribution in [3.05, 3.63) is 59.9 Å². The van der Waals surface area contributed by atoms with E-state index in [-0.39, 0.29) is 6.04 Å². The van der Waals surface area contributed by atoms with Crippen LogP contribution < -0.4 is 10.6 Å². The Kier molecular flexibility index (Phi) is 4.47. The molecule has 2 rings (SSSR count). The topological polar surface area (TPSA) is 37.0 Å². The lowest BCUT2D eigenvalue weighted by Gasteiger charge is -2.19. The van der Waals surface area contributed by atoms with Crippen molar-refractivity contribution in [1.82, 2.24) is 10.3 Å². The Balaban J connectivity index is 1.98. The zero-order chi connectivity index (χ0) is 13.7. The number of nitrogens with zero attached hydrogens (tertiary/aromatic N) is 1. The van der Waals surface area contributed by atoms with Gasteiger partial charge in [0.05, 0.1) is 6.04 Å². The van der Waals surface area contributed by atoms with Gasteiger partial charge in [-0.15, -0.1) is 0 Å². The number of nitrogens with one attached hydrogen (secondary N) is 2. The summed E-state index contributed by atoms with van der Waals surface area (Å²) in [5.41, 5.74) is 3.44. The van der Waals surface area contributed by atoms with Crippen LogP contribution >= 0.6 is 12.2 Å². The fourth-order valence-corrected chi connectivity index (χ4v) is 2.24. The summed E-state index contributed by atoms with van der Waals surface area (Å²) in [6.45, 7) is 4.20. The first-order valence-corrected chi connectivity index (χ1v) is 6.60. The molecule has 0 amide bonds. The highest BCUT2D eigenvalue weighted by Gasteiger charge is 2.08. The van der Waals surface area contributed by atoms with E-state index in [9.17, 15) is 0 Å². The number of rotatable bonds is 3. The molecule has 2 aromatic rings. The van der Waals surface area contributed by atoms with E-state index in [0.29, 0.717) is 5.11 Å². The van der Waals surface area contributed by atoms with Gasteiger partial charge >= 0.3 is 0 Å². The van der Waals surface area contributed by atoms with Crippen LogP contribution in [-0.2, 0) is 0 Å². The third kappa shape index (κ3) is 3.76. The van der Waals surface area contributed by atoms with Crippen molar-refractivity contribution in [2.24, 2.45) is 0 Å². The minimum atomic E-state index is 0.169. The molecule has 0 aliphatic carbocycles. The number of anilines is 1. The second-order valence-electron chi connectivity index (χ2n) is 4.41. The second kappa shape index (κ2) is 6.29. The van der Waals surface area contributed by atoms with E-state index >= 15 is 0 Å². The van der Waals surface area contributed by atoms with Gasteiger partial charge in [-0.2, -0.15) is 0 Å². The summed E-state index contributed by atoms with van der Waals surface area (Å²) in [5, 5.41) is 7.04. The molecule has 0 bridgehead atoms. The van der Waals surface area contributed by atoms with Crippen molar-refractivity contribution in [2.45, 2.75) is 19.9 Å². The third-order valence-electron chi connectivity index (χ3n) is 2.94. The molecule has 0 radical (unpaired) electrons. The number of hydrogen-bond donors (Lipinski definition) is 2. The van der Waals surface area contributed by atoms with Crippen LogP contribution in [0.25, 0.3) is 0 Å². The van der Waals surface area contributed by atoms with Gasteiger partial charge in [-0.25, -0.2) is 0 Å². The van der Waals surface area contributed by atoms with Gasteiger partial charge in [0.2, 0.25) is 0 Å². The predicted molar refractivity (Wildman–Crippen MR) is 83.2 cm³/mol. The van der Waals surface area contributed by atoms with Crippen LogP contribution in [0.2, 0.25) is 0 Å². The van der Waals surface area contributed by atoms with E-state index in [1.54, 1.807) is 12.4 Å². The van der Waals surface area contributed by atoms with Gasteiger partial charge in [0.1, 0.15) is 0 Å². The summed E-state index contributed by atoms with van der Waals surface area (Å²) < 4.78 is 0. The minimum Gasteiger partial charge on any atom is -0.356 e. The van der Waals surface area contributed by atoms with Crippen LogP contribution in [-0.4, -0.2) is 10.1 Å². The first kappa shape index (κ1) is 13.5. The maximum atomic E-state index is 5.31. The van der Waals surface area contributed by atoms with Crippen molar-refractivity contribution < 1.29 is 0 Å². The Morgan fingerprint density at radius 3 is 2.53 bits per heavy atom. The molecule has 0 aliphatic rings. The Bertz CT molecular complexity index is 554. The molecule has 3 nitrogen and oxygen atoms in total. The van der Waals surface area contributed by atoms with Crippen LogP contribution in [0.1, 0.15) is 24.1 Å². The van der Waals surface area contributed by atoms with E-state index in [4.69, 9.17) is 12.2 Å². The molecular formula is C15H17N3S. The largest absolute Gasteiger partial charge is 0.356 e. The molecule has 0 unspecified atom stereocenters. The number of benzene rings is 1. The molecule has 1 aromatic carbocycles. The summed E-state index contributed by atoms with van der Waals surface area (Å²) in [6.07, 6.45) is 3.46. The molecule has 1 heterocycles. The number of aryl methyl sites for hydroxylation is 1. The molecule has 0 saturated carbocycles. The first-order valence-electron chi connectivity index (χ1n) is 6.20. The van der Waals surface area contributed by atoms with E-state index in [0.717, 1.165) is 5.69 Å². The van der Waals surface area contributed by atoms with E-state index in [2.05, 4.69) is 41.6 Å². The molecule has 2 N–H and O–H groups in total. The molecular weight excluding hydrogens is 254 g/mol. The highest BCUT2D eigenvalue weighted by atomic mass is 32.1. The Labute approximate surface area is 119 Å². The summed E-state index contributed by atoms with van der Waals surface area (Å²) >= 11 is 5.31. The van der Waals surface area contributed by atoms with Crippen LogP contribution in [0.3, 0.4) is 0 Å². The molecule has 4 heteroatoms. The van der Waals surface area contributed by atoms with Gasteiger partial charge in [0.15, 0.2) is 5.11 Å². The number of aromatic nitrogens is 1. The maximum absolute atomic E-state index is 5.31. The maximum Gasteiger partial charge on any atom is 0.171 e. The third-order valence-corrected chi connectivity index (χ3v) is 3.16. The SMILES string of the molecule is Cc1ccccc1[C@H](C)NC(=S)Nc1ccncc1. The van der Waals surface area contributed by atoms with Gasteiger partial charge in [-0.1, -0.05) is 24.3 Å².